The largest absolute Gasteiger partial charge is 0.492 e. The molecule has 0 radical (unpaired) electrons. The Morgan fingerprint density at radius 3 is 2.52 bits per heavy atom. The Morgan fingerprint density at radius 1 is 0.966 bits per heavy atom. The molecule has 6 nitrogen and oxygen atoms in total. The van der Waals surface area contributed by atoms with Crippen LogP contribution in [0.15, 0.2) is 66.9 Å². The summed E-state index contributed by atoms with van der Waals surface area (Å²) >= 11 is 0. The van der Waals surface area contributed by atoms with Crippen molar-refractivity contribution < 1.29 is 17.9 Å². The van der Waals surface area contributed by atoms with E-state index < -0.39 is 10.0 Å². The fourth-order valence-electron chi connectivity index (χ4n) is 3.49. The molecule has 0 unspecified atom stereocenters. The van der Waals surface area contributed by atoms with Crippen LogP contribution in [-0.4, -0.2) is 49.3 Å². The molecular formula is C22H24N2O4S. The molecule has 0 bridgehead atoms. The van der Waals surface area contributed by atoms with Gasteiger partial charge in [-0.3, -0.25) is 4.98 Å². The first-order valence-electron chi connectivity index (χ1n) is 9.78. The first kappa shape index (κ1) is 19.7. The average molecular weight is 413 g/mol. The van der Waals surface area contributed by atoms with Crippen LogP contribution >= 0.6 is 0 Å². The number of piperidine rings is 1. The second kappa shape index (κ2) is 8.80. The molecule has 0 aliphatic carbocycles. The fraction of sp³-hybridized carbons (Fsp3) is 0.318. The van der Waals surface area contributed by atoms with E-state index in [1.165, 1.54) is 0 Å². The van der Waals surface area contributed by atoms with Crippen molar-refractivity contribution in [3.8, 4) is 11.5 Å². The van der Waals surface area contributed by atoms with Gasteiger partial charge in [0.05, 0.1) is 5.75 Å². The Bertz CT molecular complexity index is 1040. The second-order valence-corrected chi connectivity index (χ2v) is 9.11. The Morgan fingerprint density at radius 2 is 1.72 bits per heavy atom. The van der Waals surface area contributed by atoms with Gasteiger partial charge in [-0.15, -0.1) is 0 Å². The van der Waals surface area contributed by atoms with Crippen LogP contribution in [0.1, 0.15) is 12.8 Å². The van der Waals surface area contributed by atoms with Gasteiger partial charge in [0, 0.05) is 24.7 Å². The molecule has 2 aromatic carbocycles. The average Bonchev–Trinajstić information content (AvgIpc) is 2.75. The van der Waals surface area contributed by atoms with Crippen LogP contribution in [0.2, 0.25) is 0 Å². The van der Waals surface area contributed by atoms with E-state index in [-0.39, 0.29) is 18.5 Å². The van der Waals surface area contributed by atoms with E-state index >= 15 is 0 Å². The van der Waals surface area contributed by atoms with Crippen LogP contribution < -0.4 is 9.47 Å². The number of benzene rings is 2. The molecule has 2 heterocycles. The lowest BCUT2D eigenvalue weighted by atomic mass is 10.1. The zero-order valence-corrected chi connectivity index (χ0v) is 16.9. The van der Waals surface area contributed by atoms with E-state index in [9.17, 15) is 8.42 Å². The standard InChI is InChI=1S/C22H24N2O4S/c25-29(26,17-16-27-19-8-2-1-3-9-19)24-14-11-20(12-15-24)28-21-10-4-6-18-7-5-13-23-22(18)21/h1-10,13,20H,11-12,14-17H2. The number of fused-ring (bicyclic) bond motifs is 1. The molecule has 1 aromatic heterocycles. The minimum Gasteiger partial charge on any atom is -0.492 e. The lowest BCUT2D eigenvalue weighted by molar-refractivity contribution is 0.136. The van der Waals surface area contributed by atoms with Crippen molar-refractivity contribution >= 4 is 20.9 Å². The van der Waals surface area contributed by atoms with Crippen molar-refractivity contribution in [2.24, 2.45) is 0 Å². The monoisotopic (exact) mass is 412 g/mol. The Hall–Kier alpha value is -2.64. The van der Waals surface area contributed by atoms with Gasteiger partial charge in [-0.1, -0.05) is 36.4 Å². The number of ether oxygens (including phenoxy) is 2. The van der Waals surface area contributed by atoms with Crippen molar-refractivity contribution in [2.75, 3.05) is 25.4 Å². The summed E-state index contributed by atoms with van der Waals surface area (Å²) in [5.41, 5.74) is 0.836. The van der Waals surface area contributed by atoms with Crippen LogP contribution in [0.3, 0.4) is 0 Å². The van der Waals surface area contributed by atoms with Gasteiger partial charge in [-0.25, -0.2) is 12.7 Å². The lowest BCUT2D eigenvalue weighted by Crippen LogP contribution is -2.43. The molecule has 0 N–H and O–H groups in total. The summed E-state index contributed by atoms with van der Waals surface area (Å²) in [7, 11) is -3.34. The second-order valence-electron chi connectivity index (χ2n) is 7.03. The van der Waals surface area contributed by atoms with Crippen LogP contribution in [0, 0.1) is 0 Å². The number of pyridine rings is 1. The van der Waals surface area contributed by atoms with E-state index in [0.29, 0.717) is 31.7 Å². The highest BCUT2D eigenvalue weighted by Crippen LogP contribution is 2.27. The molecule has 29 heavy (non-hydrogen) atoms. The van der Waals surface area contributed by atoms with E-state index in [1.807, 2.05) is 60.7 Å². The molecule has 1 saturated heterocycles. The smallest absolute Gasteiger partial charge is 0.217 e. The first-order valence-corrected chi connectivity index (χ1v) is 11.4. The molecule has 1 fully saturated rings. The van der Waals surface area contributed by atoms with Crippen molar-refractivity contribution in [2.45, 2.75) is 18.9 Å². The highest BCUT2D eigenvalue weighted by molar-refractivity contribution is 7.89. The number of aromatic nitrogens is 1. The number of rotatable bonds is 7. The minimum absolute atomic E-state index is 0.0189. The number of hydrogen-bond acceptors (Lipinski definition) is 5. The topological polar surface area (TPSA) is 68.7 Å². The summed E-state index contributed by atoms with van der Waals surface area (Å²) in [6, 6.07) is 19.0. The lowest BCUT2D eigenvalue weighted by Gasteiger charge is -2.31. The third kappa shape index (κ3) is 4.86. The predicted molar refractivity (Wildman–Crippen MR) is 113 cm³/mol. The zero-order chi connectivity index (χ0) is 20.1. The van der Waals surface area contributed by atoms with E-state index in [0.717, 1.165) is 16.7 Å². The summed E-state index contributed by atoms with van der Waals surface area (Å²) in [4.78, 5) is 4.41. The summed E-state index contributed by atoms with van der Waals surface area (Å²) < 4.78 is 38.5. The molecule has 0 amide bonds. The number of hydrogen-bond donors (Lipinski definition) is 0. The molecule has 1 aliphatic rings. The van der Waals surface area contributed by atoms with E-state index in [1.54, 1.807) is 10.5 Å². The molecule has 1 aliphatic heterocycles. The quantitative estimate of drug-likeness (QED) is 0.594. The summed E-state index contributed by atoms with van der Waals surface area (Å²) in [5.74, 6) is 1.40. The normalized spacial score (nSPS) is 16.0. The van der Waals surface area contributed by atoms with E-state index in [2.05, 4.69) is 4.98 Å². The number of sulfonamides is 1. The molecule has 4 rings (SSSR count). The Balaban J connectivity index is 1.30. The third-order valence-corrected chi connectivity index (χ3v) is 6.87. The summed E-state index contributed by atoms with van der Waals surface area (Å²) in [6.45, 7) is 1.05. The Labute approximate surface area is 171 Å². The predicted octanol–water partition coefficient (Wildman–Crippen LogP) is 3.49. The summed E-state index contributed by atoms with van der Waals surface area (Å²) in [6.07, 6.45) is 3.04. The number of para-hydroxylation sites is 2. The van der Waals surface area contributed by atoms with Crippen LogP contribution in [0.25, 0.3) is 10.9 Å². The Kier molecular flexibility index (Phi) is 5.97. The van der Waals surface area contributed by atoms with Gasteiger partial charge in [0.15, 0.2) is 0 Å². The van der Waals surface area contributed by atoms with Crippen molar-refractivity contribution in [3.05, 3.63) is 66.9 Å². The molecular weight excluding hydrogens is 388 g/mol. The maximum absolute atomic E-state index is 12.6. The van der Waals surface area contributed by atoms with Crippen LogP contribution in [0.4, 0.5) is 0 Å². The van der Waals surface area contributed by atoms with Crippen molar-refractivity contribution in [1.82, 2.24) is 9.29 Å². The highest BCUT2D eigenvalue weighted by Gasteiger charge is 2.29. The summed E-state index contributed by atoms with van der Waals surface area (Å²) in [5, 5.41) is 1.03. The number of nitrogens with zero attached hydrogens (tertiary/aromatic N) is 2. The third-order valence-electron chi connectivity index (χ3n) is 5.04. The van der Waals surface area contributed by atoms with Crippen molar-refractivity contribution in [1.29, 1.82) is 0 Å². The van der Waals surface area contributed by atoms with Crippen molar-refractivity contribution in [3.63, 3.8) is 0 Å². The van der Waals surface area contributed by atoms with Gasteiger partial charge >= 0.3 is 0 Å². The van der Waals surface area contributed by atoms with Crippen LogP contribution in [-0.2, 0) is 10.0 Å². The molecule has 3 aromatic rings. The van der Waals surface area contributed by atoms with Gasteiger partial charge < -0.3 is 9.47 Å². The molecule has 152 valence electrons. The molecule has 0 saturated carbocycles. The maximum atomic E-state index is 12.6. The highest BCUT2D eigenvalue weighted by atomic mass is 32.2. The van der Waals surface area contributed by atoms with Gasteiger partial charge in [0.2, 0.25) is 10.0 Å². The molecule has 7 heteroatoms. The first-order chi connectivity index (χ1) is 14.1. The molecule has 0 spiro atoms. The zero-order valence-electron chi connectivity index (χ0n) is 16.1. The van der Waals surface area contributed by atoms with Crippen LogP contribution in [0.5, 0.6) is 11.5 Å². The maximum Gasteiger partial charge on any atom is 0.217 e. The SMILES string of the molecule is O=S(=O)(CCOc1ccccc1)N1CCC(Oc2cccc3cccnc23)CC1. The van der Waals surface area contributed by atoms with Gasteiger partial charge in [0.1, 0.15) is 29.7 Å². The minimum atomic E-state index is -3.34. The van der Waals surface area contributed by atoms with Gasteiger partial charge in [-0.05, 0) is 37.1 Å². The van der Waals surface area contributed by atoms with Gasteiger partial charge in [0.25, 0.3) is 0 Å². The van der Waals surface area contributed by atoms with E-state index in [4.69, 9.17) is 9.47 Å². The fourth-order valence-corrected chi connectivity index (χ4v) is 4.81. The van der Waals surface area contributed by atoms with Gasteiger partial charge in [-0.2, -0.15) is 0 Å². The molecule has 0 atom stereocenters.